The number of hydrogen-bond donors (Lipinski definition) is 0. The summed E-state index contributed by atoms with van der Waals surface area (Å²) in [6.07, 6.45) is 2.48. The van der Waals surface area contributed by atoms with E-state index in [9.17, 15) is 0 Å². The van der Waals surface area contributed by atoms with Crippen LogP contribution >= 0.6 is 12.2 Å². The largest absolute Gasteiger partial charge is 0.347 e. The summed E-state index contributed by atoms with van der Waals surface area (Å²) in [6.45, 7) is 15.8. The first-order chi connectivity index (χ1) is 7.79. The molecule has 0 radical (unpaired) electrons. The maximum absolute atomic E-state index is 5.67. The highest BCUT2D eigenvalue weighted by atomic mass is 32.1. The van der Waals surface area contributed by atoms with Gasteiger partial charge in [0.05, 0.1) is 6.04 Å². The lowest BCUT2D eigenvalue weighted by Gasteiger charge is -2.39. The summed E-state index contributed by atoms with van der Waals surface area (Å²) in [5, 5.41) is 1.06. The molecule has 0 spiro atoms. The Bertz CT molecular complexity index is 268. The highest BCUT2D eigenvalue weighted by Gasteiger charge is 2.41. The van der Waals surface area contributed by atoms with Crippen molar-refractivity contribution < 1.29 is 0 Å². The zero-order chi connectivity index (χ0) is 13.2. The molecule has 1 rings (SSSR count). The molecule has 1 fully saturated rings. The van der Waals surface area contributed by atoms with Crippen molar-refractivity contribution >= 4 is 17.3 Å². The molecule has 2 nitrogen and oxygen atoms in total. The van der Waals surface area contributed by atoms with Gasteiger partial charge in [-0.15, -0.1) is 0 Å². The molecule has 1 heterocycles. The summed E-state index contributed by atoms with van der Waals surface area (Å²) in [5.74, 6) is 0.652. The van der Waals surface area contributed by atoms with Gasteiger partial charge in [-0.1, -0.05) is 27.2 Å². The van der Waals surface area contributed by atoms with Crippen molar-refractivity contribution in [1.29, 1.82) is 0 Å². The minimum atomic E-state index is 0.132. The van der Waals surface area contributed by atoms with Gasteiger partial charge in [0.2, 0.25) is 0 Å². The van der Waals surface area contributed by atoms with Crippen molar-refractivity contribution in [3.05, 3.63) is 0 Å². The molecule has 3 heteroatoms. The van der Waals surface area contributed by atoms with E-state index in [1.165, 1.54) is 12.8 Å². The van der Waals surface area contributed by atoms with Crippen molar-refractivity contribution in [1.82, 2.24) is 9.80 Å². The van der Waals surface area contributed by atoms with Gasteiger partial charge in [-0.05, 0) is 45.3 Å². The predicted octanol–water partition coefficient (Wildman–Crippen LogP) is 3.51. The molecule has 0 bridgehead atoms. The Kier molecular flexibility index (Phi) is 4.82. The zero-order valence-corrected chi connectivity index (χ0v) is 13.1. The van der Waals surface area contributed by atoms with Crippen molar-refractivity contribution in [3.8, 4) is 0 Å². The minimum absolute atomic E-state index is 0.132. The van der Waals surface area contributed by atoms with Gasteiger partial charge in [0, 0.05) is 18.6 Å². The Balaban J connectivity index is 2.83. The smallest absolute Gasteiger partial charge is 0.172 e. The molecule has 0 amide bonds. The molecule has 0 aliphatic carbocycles. The third-order valence-corrected chi connectivity index (χ3v) is 3.94. The van der Waals surface area contributed by atoms with Crippen LogP contribution in [0, 0.1) is 5.92 Å². The first-order valence-electron chi connectivity index (χ1n) is 6.87. The van der Waals surface area contributed by atoms with Gasteiger partial charge in [-0.2, -0.15) is 0 Å². The second kappa shape index (κ2) is 5.55. The molecule has 0 N–H and O–H groups in total. The molecule has 1 aliphatic rings. The average molecular weight is 256 g/mol. The fourth-order valence-corrected chi connectivity index (χ4v) is 3.08. The Morgan fingerprint density at radius 2 is 1.94 bits per heavy atom. The summed E-state index contributed by atoms with van der Waals surface area (Å²) in [4.78, 5) is 4.84. The van der Waals surface area contributed by atoms with Gasteiger partial charge in [-0.25, -0.2) is 0 Å². The average Bonchev–Trinajstić information content (AvgIpc) is 2.52. The summed E-state index contributed by atoms with van der Waals surface area (Å²) in [7, 11) is 0. The highest BCUT2D eigenvalue weighted by Crippen LogP contribution is 2.29. The molecule has 17 heavy (non-hydrogen) atoms. The van der Waals surface area contributed by atoms with E-state index in [2.05, 4.69) is 51.3 Å². The molecule has 1 atom stereocenters. The van der Waals surface area contributed by atoms with Gasteiger partial charge in [-0.3, -0.25) is 0 Å². The van der Waals surface area contributed by atoms with Crippen LogP contribution in [0.3, 0.4) is 0 Å². The van der Waals surface area contributed by atoms with E-state index in [0.29, 0.717) is 12.0 Å². The number of nitrogens with zero attached hydrogens (tertiary/aromatic N) is 2. The predicted molar refractivity (Wildman–Crippen MR) is 79.3 cm³/mol. The quantitative estimate of drug-likeness (QED) is 0.711. The number of unbranched alkanes of at least 4 members (excludes halogenated alkanes) is 1. The Morgan fingerprint density at radius 3 is 2.29 bits per heavy atom. The van der Waals surface area contributed by atoms with Gasteiger partial charge in [0.15, 0.2) is 5.11 Å². The molecule has 1 aliphatic heterocycles. The van der Waals surface area contributed by atoms with Gasteiger partial charge in [0.25, 0.3) is 0 Å². The molecule has 100 valence electrons. The molecule has 0 saturated carbocycles. The fraction of sp³-hybridized carbons (Fsp3) is 0.929. The van der Waals surface area contributed by atoms with Crippen LogP contribution in [-0.4, -0.2) is 39.6 Å². The lowest BCUT2D eigenvalue weighted by molar-refractivity contribution is 0.166. The van der Waals surface area contributed by atoms with Crippen LogP contribution in [0.2, 0.25) is 0 Å². The van der Waals surface area contributed by atoms with E-state index < -0.39 is 0 Å². The molecule has 0 unspecified atom stereocenters. The molecular formula is C14H28N2S. The third-order valence-electron chi connectivity index (χ3n) is 3.49. The van der Waals surface area contributed by atoms with E-state index in [1.54, 1.807) is 0 Å². The Hall–Kier alpha value is -0.310. The standard InChI is InChI=1S/C14H28N2S/c1-7-8-9-15-10-12(11(2)3)16(13(15)17)14(4,5)6/h11-12H,7-10H2,1-6H3/t12-/m1/s1. The fourth-order valence-electron chi connectivity index (χ4n) is 2.51. The summed E-state index contributed by atoms with van der Waals surface area (Å²) in [5.41, 5.74) is 0.132. The van der Waals surface area contributed by atoms with Crippen LogP contribution in [-0.2, 0) is 0 Å². The van der Waals surface area contributed by atoms with Gasteiger partial charge >= 0.3 is 0 Å². The number of rotatable bonds is 4. The van der Waals surface area contributed by atoms with Crippen LogP contribution in [0.1, 0.15) is 54.4 Å². The van der Waals surface area contributed by atoms with Gasteiger partial charge < -0.3 is 9.80 Å². The maximum atomic E-state index is 5.67. The van der Waals surface area contributed by atoms with Crippen molar-refractivity contribution in [2.75, 3.05) is 13.1 Å². The van der Waals surface area contributed by atoms with Crippen molar-refractivity contribution in [2.45, 2.75) is 66.0 Å². The first-order valence-corrected chi connectivity index (χ1v) is 7.28. The lowest BCUT2D eigenvalue weighted by atomic mass is 9.98. The van der Waals surface area contributed by atoms with Crippen LogP contribution in [0.5, 0.6) is 0 Å². The number of thiocarbonyl (C=S) groups is 1. The van der Waals surface area contributed by atoms with E-state index in [4.69, 9.17) is 12.2 Å². The van der Waals surface area contributed by atoms with Crippen LogP contribution in [0.15, 0.2) is 0 Å². The normalized spacial score (nSPS) is 21.8. The molecule has 0 aromatic heterocycles. The van der Waals surface area contributed by atoms with Crippen molar-refractivity contribution in [2.24, 2.45) is 5.92 Å². The minimum Gasteiger partial charge on any atom is -0.347 e. The van der Waals surface area contributed by atoms with Crippen LogP contribution < -0.4 is 0 Å². The molecule has 0 aromatic rings. The SMILES string of the molecule is CCCCN1C[C@H](C(C)C)N(C(C)(C)C)C1=S. The second-order valence-corrected chi connectivity index (χ2v) is 6.80. The topological polar surface area (TPSA) is 6.48 Å². The Morgan fingerprint density at radius 1 is 1.35 bits per heavy atom. The lowest BCUT2D eigenvalue weighted by Crippen LogP contribution is -2.49. The van der Waals surface area contributed by atoms with E-state index in [0.717, 1.165) is 18.2 Å². The third kappa shape index (κ3) is 3.34. The Labute approximate surface area is 112 Å². The van der Waals surface area contributed by atoms with E-state index in [1.807, 2.05) is 0 Å². The summed E-state index contributed by atoms with van der Waals surface area (Å²) < 4.78 is 0. The van der Waals surface area contributed by atoms with E-state index in [-0.39, 0.29) is 5.54 Å². The van der Waals surface area contributed by atoms with E-state index >= 15 is 0 Å². The van der Waals surface area contributed by atoms with Gasteiger partial charge in [0.1, 0.15) is 0 Å². The second-order valence-electron chi connectivity index (χ2n) is 6.43. The van der Waals surface area contributed by atoms with Crippen LogP contribution in [0.4, 0.5) is 0 Å². The van der Waals surface area contributed by atoms with Crippen LogP contribution in [0.25, 0.3) is 0 Å². The maximum Gasteiger partial charge on any atom is 0.172 e. The van der Waals surface area contributed by atoms with Crippen molar-refractivity contribution in [3.63, 3.8) is 0 Å². The summed E-state index contributed by atoms with van der Waals surface area (Å²) in [6, 6.07) is 0.569. The zero-order valence-electron chi connectivity index (χ0n) is 12.3. The molecule has 1 saturated heterocycles. The highest BCUT2D eigenvalue weighted by molar-refractivity contribution is 7.80. The summed E-state index contributed by atoms with van der Waals surface area (Å²) >= 11 is 5.67. The molecular weight excluding hydrogens is 228 g/mol. The number of hydrogen-bond acceptors (Lipinski definition) is 1. The first kappa shape index (κ1) is 14.7. The monoisotopic (exact) mass is 256 g/mol. The molecule has 0 aromatic carbocycles.